The number of hydrogen-bond acceptors (Lipinski definition) is 5. The number of likely N-dealkylation sites (tertiary alicyclic amines) is 1. The van der Waals surface area contributed by atoms with E-state index >= 15 is 0 Å². The molecule has 4 rings (SSSR count). The molecule has 6 heteroatoms. The zero-order chi connectivity index (χ0) is 22.8. The average molecular weight is 435 g/mol. The molecule has 1 unspecified atom stereocenters. The molecule has 6 nitrogen and oxygen atoms in total. The summed E-state index contributed by atoms with van der Waals surface area (Å²) in [6.45, 7) is 5.90. The third kappa shape index (κ3) is 3.97. The molecule has 1 fully saturated rings. The van der Waals surface area contributed by atoms with Gasteiger partial charge in [0.15, 0.2) is 0 Å². The van der Waals surface area contributed by atoms with Crippen LogP contribution in [0.3, 0.4) is 0 Å². The second-order valence-electron chi connectivity index (χ2n) is 8.57. The maximum Gasteiger partial charge on any atom is 0.295 e. The van der Waals surface area contributed by atoms with Gasteiger partial charge in [-0.15, -0.1) is 0 Å². The summed E-state index contributed by atoms with van der Waals surface area (Å²) in [6, 6.07) is 12.6. The summed E-state index contributed by atoms with van der Waals surface area (Å²) in [5, 5.41) is 11.3. The predicted octanol–water partition coefficient (Wildman–Crippen LogP) is 4.44. The molecule has 0 aromatic heterocycles. The lowest BCUT2D eigenvalue weighted by Crippen LogP contribution is -2.30. The molecule has 0 aliphatic carbocycles. The fourth-order valence-electron chi connectivity index (χ4n) is 4.48. The minimum Gasteiger partial charge on any atom is -0.507 e. The molecule has 32 heavy (non-hydrogen) atoms. The lowest BCUT2D eigenvalue weighted by atomic mass is 9.94. The normalized spacial score (nSPS) is 19.8. The Morgan fingerprint density at radius 3 is 2.72 bits per heavy atom. The molecular weight excluding hydrogens is 404 g/mol. The van der Waals surface area contributed by atoms with Crippen LogP contribution in [0.25, 0.3) is 5.76 Å². The van der Waals surface area contributed by atoms with Crippen molar-refractivity contribution in [2.45, 2.75) is 39.2 Å². The summed E-state index contributed by atoms with van der Waals surface area (Å²) in [5.41, 5.74) is 3.38. The number of hydrogen-bond donors (Lipinski definition) is 1. The number of unbranched alkanes of at least 4 members (excludes halogenated alkanes) is 2. The summed E-state index contributed by atoms with van der Waals surface area (Å²) >= 11 is 0. The minimum absolute atomic E-state index is 0.144. The first-order chi connectivity index (χ1) is 15.4. The highest BCUT2D eigenvalue weighted by molar-refractivity contribution is 6.46. The summed E-state index contributed by atoms with van der Waals surface area (Å²) < 4.78 is 5.70. The molecule has 1 amide bonds. The van der Waals surface area contributed by atoms with E-state index in [-0.39, 0.29) is 11.3 Å². The second-order valence-corrected chi connectivity index (χ2v) is 8.57. The van der Waals surface area contributed by atoms with Gasteiger partial charge in [0.05, 0.1) is 23.8 Å². The predicted molar refractivity (Wildman–Crippen MR) is 125 cm³/mol. The van der Waals surface area contributed by atoms with E-state index < -0.39 is 17.7 Å². The zero-order valence-electron chi connectivity index (χ0n) is 18.9. The van der Waals surface area contributed by atoms with E-state index in [0.717, 1.165) is 48.4 Å². The van der Waals surface area contributed by atoms with Crippen LogP contribution in [-0.2, 0) is 9.59 Å². The van der Waals surface area contributed by atoms with Crippen molar-refractivity contribution in [1.82, 2.24) is 4.90 Å². The Labute approximate surface area is 189 Å². The highest BCUT2D eigenvalue weighted by atomic mass is 16.5. The number of ether oxygens (including phenoxy) is 1. The Bertz CT molecular complexity index is 1080. The Morgan fingerprint density at radius 2 is 1.97 bits per heavy atom. The van der Waals surface area contributed by atoms with Gasteiger partial charge in [0, 0.05) is 19.2 Å². The van der Waals surface area contributed by atoms with E-state index in [9.17, 15) is 14.7 Å². The van der Waals surface area contributed by atoms with Crippen molar-refractivity contribution >= 4 is 23.1 Å². The van der Waals surface area contributed by atoms with Gasteiger partial charge in [-0.25, -0.2) is 0 Å². The molecule has 2 aromatic rings. The molecule has 0 radical (unpaired) electrons. The zero-order valence-corrected chi connectivity index (χ0v) is 18.9. The van der Waals surface area contributed by atoms with Gasteiger partial charge in [0.25, 0.3) is 11.7 Å². The molecule has 1 N–H and O–H groups in total. The summed E-state index contributed by atoms with van der Waals surface area (Å²) in [4.78, 5) is 29.8. The highest BCUT2D eigenvalue weighted by Gasteiger charge is 2.45. The Balaban J connectivity index is 1.82. The molecule has 0 bridgehead atoms. The maximum atomic E-state index is 13.1. The Kier molecular flexibility index (Phi) is 6.21. The second kappa shape index (κ2) is 9.07. The van der Waals surface area contributed by atoms with Crippen LogP contribution in [-0.4, -0.2) is 48.4 Å². The molecule has 1 atom stereocenters. The first-order valence-corrected chi connectivity index (χ1v) is 11.3. The third-order valence-corrected chi connectivity index (χ3v) is 6.23. The molecule has 1 saturated heterocycles. The Hall–Kier alpha value is -3.28. The van der Waals surface area contributed by atoms with Gasteiger partial charge in [-0.2, -0.15) is 0 Å². The number of carbonyl (C=O) groups excluding carboxylic acids is 2. The number of ketones is 1. The smallest absolute Gasteiger partial charge is 0.295 e. The molecule has 2 aliphatic heterocycles. The molecular formula is C26H30N2O4. The molecule has 2 aliphatic rings. The number of likely N-dealkylation sites (N-methyl/N-ethyl adjacent to an activating group) is 1. The molecule has 0 spiro atoms. The lowest BCUT2D eigenvalue weighted by molar-refractivity contribution is -0.139. The Morgan fingerprint density at radius 1 is 1.16 bits per heavy atom. The number of carbonyl (C=O) groups is 2. The van der Waals surface area contributed by atoms with Crippen LogP contribution in [0.15, 0.2) is 48.0 Å². The van der Waals surface area contributed by atoms with Gasteiger partial charge in [-0.1, -0.05) is 49.6 Å². The number of fused-ring (bicyclic) bond motifs is 1. The number of rotatable bonds is 6. The fraction of sp³-hybridized carbons (Fsp3) is 0.385. The minimum atomic E-state index is -0.632. The van der Waals surface area contributed by atoms with E-state index in [0.29, 0.717) is 18.7 Å². The average Bonchev–Trinajstić information content (AvgIpc) is 3.04. The van der Waals surface area contributed by atoms with Crippen LogP contribution in [0.5, 0.6) is 5.75 Å². The van der Waals surface area contributed by atoms with Gasteiger partial charge in [-0.05, 0) is 37.1 Å². The number of Topliss-reactive ketones (excluding diaryl/α,β-unsaturated/α-hetero) is 1. The van der Waals surface area contributed by atoms with Crippen molar-refractivity contribution in [3.8, 4) is 5.75 Å². The van der Waals surface area contributed by atoms with Gasteiger partial charge >= 0.3 is 0 Å². The molecule has 168 valence electrons. The van der Waals surface area contributed by atoms with Crippen LogP contribution in [0.1, 0.15) is 48.9 Å². The summed E-state index contributed by atoms with van der Waals surface area (Å²) in [6.07, 6.45) is 2.80. The lowest BCUT2D eigenvalue weighted by Gasteiger charge is -2.28. The monoisotopic (exact) mass is 434 g/mol. The maximum absolute atomic E-state index is 13.1. The first kappa shape index (κ1) is 21.9. The van der Waals surface area contributed by atoms with Gasteiger partial charge in [-0.3, -0.25) is 9.59 Å². The van der Waals surface area contributed by atoms with Crippen LogP contribution in [0.2, 0.25) is 0 Å². The summed E-state index contributed by atoms with van der Waals surface area (Å²) in [5.74, 6) is -0.583. The van der Waals surface area contributed by atoms with E-state index in [1.807, 2.05) is 44.3 Å². The van der Waals surface area contributed by atoms with Crippen molar-refractivity contribution in [2.24, 2.45) is 0 Å². The fourth-order valence-corrected chi connectivity index (χ4v) is 4.48. The topological polar surface area (TPSA) is 70.1 Å². The number of nitrogens with zero attached hydrogens (tertiary/aromatic N) is 2. The first-order valence-electron chi connectivity index (χ1n) is 11.3. The number of aliphatic hydroxyl groups excluding tert-OH is 1. The van der Waals surface area contributed by atoms with E-state index in [4.69, 9.17) is 4.74 Å². The van der Waals surface area contributed by atoms with E-state index in [1.54, 1.807) is 17.0 Å². The highest BCUT2D eigenvalue weighted by Crippen LogP contribution is 2.41. The third-order valence-electron chi connectivity index (χ3n) is 6.23. The SMILES string of the molecule is CCCCCN1C(=O)C(=O)/C(=C(\O)c2ccc3c(c2)N(C)CCO3)C1c1cccc(C)c1. The van der Waals surface area contributed by atoms with E-state index in [1.165, 1.54) is 0 Å². The van der Waals surface area contributed by atoms with Crippen LogP contribution in [0.4, 0.5) is 5.69 Å². The number of benzene rings is 2. The van der Waals surface area contributed by atoms with Gasteiger partial charge in [0.2, 0.25) is 0 Å². The van der Waals surface area contributed by atoms with Crippen molar-refractivity contribution in [1.29, 1.82) is 0 Å². The van der Waals surface area contributed by atoms with Crippen molar-refractivity contribution < 1.29 is 19.4 Å². The van der Waals surface area contributed by atoms with Crippen molar-refractivity contribution in [2.75, 3.05) is 31.6 Å². The van der Waals surface area contributed by atoms with Crippen LogP contribution in [0, 0.1) is 6.92 Å². The standard InChI is InChI=1S/C26H30N2O4/c1-4-5-6-12-28-23(18-9-7-8-17(2)15-18)22(25(30)26(28)31)24(29)19-10-11-21-20(16-19)27(3)13-14-32-21/h7-11,15-16,23,29H,4-6,12-14H2,1-3H3/b24-22-. The number of aryl methyl sites for hydroxylation is 1. The van der Waals surface area contributed by atoms with E-state index in [2.05, 4.69) is 11.8 Å². The van der Waals surface area contributed by atoms with Crippen LogP contribution >= 0.6 is 0 Å². The molecule has 0 saturated carbocycles. The number of anilines is 1. The van der Waals surface area contributed by atoms with Gasteiger partial charge in [0.1, 0.15) is 18.1 Å². The quantitative estimate of drug-likeness (QED) is 0.315. The van der Waals surface area contributed by atoms with Crippen LogP contribution < -0.4 is 9.64 Å². The van der Waals surface area contributed by atoms with Gasteiger partial charge < -0.3 is 19.6 Å². The molecule has 2 heterocycles. The largest absolute Gasteiger partial charge is 0.507 e. The van der Waals surface area contributed by atoms with Crippen molar-refractivity contribution in [3.63, 3.8) is 0 Å². The summed E-state index contributed by atoms with van der Waals surface area (Å²) in [7, 11) is 1.96. The number of amides is 1. The van der Waals surface area contributed by atoms with Crippen molar-refractivity contribution in [3.05, 3.63) is 64.7 Å². The number of aliphatic hydroxyl groups is 1. The molecule has 2 aromatic carbocycles.